The van der Waals surface area contributed by atoms with Gasteiger partial charge in [-0.15, -0.1) is 0 Å². The molecule has 1 aromatic rings. The Bertz CT molecular complexity index is 153. The van der Waals surface area contributed by atoms with Gasteiger partial charge in [0.1, 0.15) is 11.5 Å². The zero-order valence-electron chi connectivity index (χ0n) is 4.20. The standard InChI is InChI=1S/C6H6O2.2K.2H/c7-5-1-2-6(8)4-3-5;;;;/h1-4,7-8H;;;;. The van der Waals surface area contributed by atoms with Crippen molar-refractivity contribution in [3.8, 4) is 11.5 Å². The summed E-state index contributed by atoms with van der Waals surface area (Å²) in [5.41, 5.74) is 0. The van der Waals surface area contributed by atoms with E-state index in [1.807, 2.05) is 0 Å². The van der Waals surface area contributed by atoms with Crippen LogP contribution in [0.3, 0.4) is 0 Å². The molecule has 1 aromatic carbocycles. The van der Waals surface area contributed by atoms with Gasteiger partial charge in [0.15, 0.2) is 0 Å². The first-order chi connectivity index (χ1) is 3.79. The Hall–Kier alpha value is 2.09. The second-order valence-corrected chi connectivity index (χ2v) is 1.52. The van der Waals surface area contributed by atoms with Crippen LogP contribution in [0.25, 0.3) is 0 Å². The van der Waals surface area contributed by atoms with Gasteiger partial charge in [0.25, 0.3) is 0 Å². The van der Waals surface area contributed by atoms with Gasteiger partial charge in [-0.25, -0.2) is 0 Å². The summed E-state index contributed by atoms with van der Waals surface area (Å²) in [7, 11) is 0. The van der Waals surface area contributed by atoms with E-state index in [0.717, 1.165) is 0 Å². The number of phenolic OH excluding ortho intramolecular Hbond substituents is 2. The van der Waals surface area contributed by atoms with Crippen molar-refractivity contribution in [2.24, 2.45) is 0 Å². The Balaban J connectivity index is 0. The normalized spacial score (nSPS) is 7.20. The molecule has 0 aliphatic carbocycles. The van der Waals surface area contributed by atoms with Crippen LogP contribution in [0.15, 0.2) is 24.3 Å². The Morgan fingerprint density at radius 3 is 1.10 bits per heavy atom. The summed E-state index contributed by atoms with van der Waals surface area (Å²) < 4.78 is 0. The topological polar surface area (TPSA) is 40.5 Å². The van der Waals surface area contributed by atoms with E-state index >= 15 is 0 Å². The molecule has 0 radical (unpaired) electrons. The van der Waals surface area contributed by atoms with Gasteiger partial charge in [-0.3, -0.25) is 0 Å². The number of benzene rings is 1. The number of hydrogen-bond donors (Lipinski definition) is 2. The maximum absolute atomic E-state index is 8.65. The van der Waals surface area contributed by atoms with Crippen molar-refractivity contribution in [1.82, 2.24) is 0 Å². The molecule has 0 bridgehead atoms. The summed E-state index contributed by atoms with van der Waals surface area (Å²) in [6.07, 6.45) is 0. The average molecular weight is 190 g/mol. The monoisotopic (exact) mass is 190 g/mol. The second kappa shape index (κ2) is 7.73. The molecule has 0 saturated carbocycles. The molecule has 0 atom stereocenters. The zero-order chi connectivity index (χ0) is 5.98. The summed E-state index contributed by atoms with van der Waals surface area (Å²) >= 11 is 0. The fraction of sp³-hybridized carbons (Fsp3) is 0. The van der Waals surface area contributed by atoms with E-state index in [2.05, 4.69) is 0 Å². The van der Waals surface area contributed by atoms with Gasteiger partial charge in [-0.2, -0.15) is 0 Å². The van der Waals surface area contributed by atoms with Crippen molar-refractivity contribution in [1.29, 1.82) is 0 Å². The zero-order valence-corrected chi connectivity index (χ0v) is 4.20. The van der Waals surface area contributed by atoms with Crippen molar-refractivity contribution in [2.45, 2.75) is 0 Å². The third-order valence-corrected chi connectivity index (χ3v) is 0.850. The molecule has 0 spiro atoms. The number of phenols is 2. The van der Waals surface area contributed by atoms with Crippen LogP contribution in [0, 0.1) is 0 Å². The van der Waals surface area contributed by atoms with Crippen LogP contribution in [0.5, 0.6) is 11.5 Å². The van der Waals surface area contributed by atoms with Crippen molar-refractivity contribution >= 4 is 103 Å². The van der Waals surface area contributed by atoms with E-state index in [9.17, 15) is 0 Å². The van der Waals surface area contributed by atoms with Crippen molar-refractivity contribution in [2.75, 3.05) is 0 Å². The van der Waals surface area contributed by atoms with Crippen LogP contribution in [-0.2, 0) is 0 Å². The number of rotatable bonds is 0. The molecule has 0 amide bonds. The quantitative estimate of drug-likeness (QED) is 0.439. The van der Waals surface area contributed by atoms with E-state index in [4.69, 9.17) is 10.2 Å². The van der Waals surface area contributed by atoms with E-state index < -0.39 is 0 Å². The van der Waals surface area contributed by atoms with Crippen LogP contribution in [0.2, 0.25) is 0 Å². The van der Waals surface area contributed by atoms with E-state index in [1.165, 1.54) is 24.3 Å². The number of hydrogen-bond acceptors (Lipinski definition) is 2. The first-order valence-electron chi connectivity index (χ1n) is 2.27. The molecule has 0 aliphatic rings. The van der Waals surface area contributed by atoms with Gasteiger partial charge in [-0.05, 0) is 24.3 Å². The minimum atomic E-state index is 0. The molecule has 0 saturated heterocycles. The Morgan fingerprint density at radius 2 is 0.900 bits per heavy atom. The van der Waals surface area contributed by atoms with Crippen molar-refractivity contribution in [3.63, 3.8) is 0 Å². The Morgan fingerprint density at radius 1 is 0.700 bits per heavy atom. The summed E-state index contributed by atoms with van der Waals surface area (Å²) in [6.45, 7) is 0. The van der Waals surface area contributed by atoms with Crippen LogP contribution >= 0.6 is 0 Å². The Labute approximate surface area is 145 Å². The first-order valence-corrected chi connectivity index (χ1v) is 2.27. The molecular formula is C6H8K2O2. The molecule has 2 nitrogen and oxygen atoms in total. The molecule has 0 fully saturated rings. The van der Waals surface area contributed by atoms with E-state index in [-0.39, 0.29) is 114 Å². The predicted octanol–water partition coefficient (Wildman–Crippen LogP) is -0.199. The molecule has 0 unspecified atom stereocenters. The minimum absolute atomic E-state index is 0. The van der Waals surface area contributed by atoms with Crippen LogP contribution < -0.4 is 0 Å². The molecule has 0 heterocycles. The van der Waals surface area contributed by atoms with Crippen molar-refractivity contribution in [3.05, 3.63) is 24.3 Å². The van der Waals surface area contributed by atoms with Crippen LogP contribution in [0.1, 0.15) is 0 Å². The summed E-state index contributed by atoms with van der Waals surface area (Å²) in [5, 5.41) is 17.3. The van der Waals surface area contributed by atoms with Gasteiger partial charge in [0.2, 0.25) is 0 Å². The second-order valence-electron chi connectivity index (χ2n) is 1.52. The first kappa shape index (κ1) is 14.6. The molecule has 10 heavy (non-hydrogen) atoms. The molecular weight excluding hydrogens is 182 g/mol. The third-order valence-electron chi connectivity index (χ3n) is 0.850. The number of aromatic hydroxyl groups is 2. The van der Waals surface area contributed by atoms with Gasteiger partial charge in [0, 0.05) is 0 Å². The third kappa shape index (κ3) is 5.71. The molecule has 4 heteroatoms. The van der Waals surface area contributed by atoms with Crippen LogP contribution in [-0.4, -0.2) is 113 Å². The van der Waals surface area contributed by atoms with Crippen molar-refractivity contribution < 1.29 is 10.2 Å². The SMILES string of the molecule is Oc1ccc(O)cc1.[KH].[KH]. The fourth-order valence-corrected chi connectivity index (χ4v) is 0.453. The van der Waals surface area contributed by atoms with Gasteiger partial charge >= 0.3 is 103 Å². The summed E-state index contributed by atoms with van der Waals surface area (Å²) in [4.78, 5) is 0. The van der Waals surface area contributed by atoms with Gasteiger partial charge in [0.05, 0.1) is 0 Å². The van der Waals surface area contributed by atoms with Crippen LogP contribution in [0.4, 0.5) is 0 Å². The molecule has 0 aliphatic heterocycles. The van der Waals surface area contributed by atoms with E-state index in [0.29, 0.717) is 0 Å². The Kier molecular flexibility index (Phi) is 11.3. The molecule has 0 aromatic heterocycles. The molecule has 2 N–H and O–H groups in total. The fourth-order valence-electron chi connectivity index (χ4n) is 0.453. The van der Waals surface area contributed by atoms with Gasteiger partial charge in [-0.1, -0.05) is 0 Å². The molecule has 46 valence electrons. The predicted molar refractivity (Wildman–Crippen MR) is 44.1 cm³/mol. The maximum atomic E-state index is 8.65. The average Bonchev–Trinajstić information content (AvgIpc) is 1.77. The summed E-state index contributed by atoms with van der Waals surface area (Å²) in [6, 6.07) is 5.70. The molecule has 1 rings (SSSR count). The summed E-state index contributed by atoms with van der Waals surface area (Å²) in [5.74, 6) is 0.339. The van der Waals surface area contributed by atoms with E-state index in [1.54, 1.807) is 0 Å². The van der Waals surface area contributed by atoms with Gasteiger partial charge < -0.3 is 10.2 Å².